The molecular weight excluding hydrogens is 280 g/mol. The van der Waals surface area contributed by atoms with Crippen molar-refractivity contribution < 1.29 is 4.74 Å². The van der Waals surface area contributed by atoms with Gasteiger partial charge in [0.2, 0.25) is 0 Å². The Morgan fingerprint density at radius 1 is 1.47 bits per heavy atom. The Morgan fingerprint density at radius 3 is 2.84 bits per heavy atom. The highest BCUT2D eigenvalue weighted by atomic mass is 32.1. The van der Waals surface area contributed by atoms with E-state index in [-0.39, 0.29) is 11.1 Å². The molecule has 0 aromatic carbocycles. The number of nitrogens with one attached hydrogen (secondary N) is 1. The third kappa shape index (κ3) is 1.81. The molecule has 4 nitrogen and oxygen atoms in total. The lowest BCUT2D eigenvalue weighted by molar-refractivity contribution is 0.159. The summed E-state index contributed by atoms with van der Waals surface area (Å²) in [6.07, 6.45) is 0.818. The number of nitrogens with zero attached hydrogens (tertiary/aromatic N) is 1. The van der Waals surface area contributed by atoms with Gasteiger partial charge in [-0.2, -0.15) is 0 Å². The first-order chi connectivity index (χ1) is 8.94. The number of thiophene rings is 1. The normalized spacial score (nSPS) is 23.3. The first-order valence-corrected chi connectivity index (χ1v) is 7.50. The number of hydrogen-bond acceptors (Lipinski definition) is 4. The summed E-state index contributed by atoms with van der Waals surface area (Å²) in [7, 11) is 0. The first kappa shape index (κ1) is 13.0. The molecule has 19 heavy (non-hydrogen) atoms. The molecule has 102 valence electrons. The van der Waals surface area contributed by atoms with Gasteiger partial charge in [-0.05, 0) is 45.0 Å². The summed E-state index contributed by atoms with van der Waals surface area (Å²) < 4.78 is 7.65. The Morgan fingerprint density at radius 2 is 2.21 bits per heavy atom. The molecule has 1 fully saturated rings. The third-order valence-corrected chi connectivity index (χ3v) is 5.37. The van der Waals surface area contributed by atoms with Gasteiger partial charge in [0.25, 0.3) is 5.56 Å². The average Bonchev–Trinajstić information content (AvgIpc) is 2.85. The van der Waals surface area contributed by atoms with E-state index in [2.05, 4.69) is 4.98 Å². The van der Waals surface area contributed by atoms with Crippen molar-refractivity contribution in [2.24, 2.45) is 0 Å². The summed E-state index contributed by atoms with van der Waals surface area (Å²) in [5, 5.41) is 0.768. The summed E-state index contributed by atoms with van der Waals surface area (Å²) >= 11 is 6.98. The Bertz CT molecular complexity index is 763. The van der Waals surface area contributed by atoms with E-state index in [1.807, 2.05) is 20.8 Å². The molecule has 0 aliphatic carbocycles. The van der Waals surface area contributed by atoms with Gasteiger partial charge in [0.05, 0.1) is 17.5 Å². The lowest BCUT2D eigenvalue weighted by Gasteiger charge is -2.25. The standard InChI is InChI=1S/C13H16N2O2S2/c1-7-8(2)19-10-9(7)11(16)15(12(18)14-10)13(3)4-5-17-6-13/h4-6H2,1-3H3,(H,14,18). The van der Waals surface area contributed by atoms with E-state index in [1.165, 1.54) is 0 Å². The van der Waals surface area contributed by atoms with Crippen LogP contribution < -0.4 is 5.56 Å². The van der Waals surface area contributed by atoms with Gasteiger partial charge in [-0.25, -0.2) is 0 Å². The second-order valence-electron chi connectivity index (χ2n) is 5.36. The largest absolute Gasteiger partial charge is 0.379 e. The highest BCUT2D eigenvalue weighted by Gasteiger charge is 2.34. The van der Waals surface area contributed by atoms with E-state index in [0.29, 0.717) is 18.0 Å². The fourth-order valence-corrected chi connectivity index (χ4v) is 4.17. The maximum Gasteiger partial charge on any atom is 0.263 e. The molecule has 1 unspecified atom stereocenters. The van der Waals surface area contributed by atoms with Gasteiger partial charge in [-0.3, -0.25) is 9.36 Å². The second kappa shape index (κ2) is 4.26. The zero-order chi connectivity index (χ0) is 13.8. The molecule has 6 heteroatoms. The van der Waals surface area contributed by atoms with Gasteiger partial charge in [0.15, 0.2) is 4.77 Å². The maximum absolute atomic E-state index is 12.8. The van der Waals surface area contributed by atoms with Gasteiger partial charge in [-0.15, -0.1) is 11.3 Å². The van der Waals surface area contributed by atoms with E-state index >= 15 is 0 Å². The number of H-pyrrole nitrogens is 1. The molecule has 3 rings (SSSR count). The van der Waals surface area contributed by atoms with E-state index in [0.717, 1.165) is 27.1 Å². The minimum atomic E-state index is -0.332. The summed E-state index contributed by atoms with van der Waals surface area (Å²) in [6.45, 7) is 7.27. The second-order valence-corrected chi connectivity index (χ2v) is 6.97. The van der Waals surface area contributed by atoms with Crippen LogP contribution in [0.4, 0.5) is 0 Å². The van der Waals surface area contributed by atoms with Crippen molar-refractivity contribution >= 4 is 33.8 Å². The molecule has 0 spiro atoms. The summed E-state index contributed by atoms with van der Waals surface area (Å²) in [5.74, 6) is 0. The quantitative estimate of drug-likeness (QED) is 0.823. The van der Waals surface area contributed by atoms with Crippen LogP contribution in [-0.4, -0.2) is 22.8 Å². The highest BCUT2D eigenvalue weighted by molar-refractivity contribution is 7.71. The van der Waals surface area contributed by atoms with Crippen molar-refractivity contribution in [3.63, 3.8) is 0 Å². The predicted octanol–water partition coefficient (Wildman–Crippen LogP) is 2.87. The molecule has 0 radical (unpaired) electrons. The number of aromatic amines is 1. The SMILES string of the molecule is Cc1sc2[nH]c(=S)n(C3(C)CCOC3)c(=O)c2c1C. The van der Waals surface area contributed by atoms with E-state index in [4.69, 9.17) is 17.0 Å². The number of hydrogen-bond donors (Lipinski definition) is 1. The molecule has 3 heterocycles. The number of fused-ring (bicyclic) bond motifs is 1. The predicted molar refractivity (Wildman–Crippen MR) is 79.8 cm³/mol. The third-order valence-electron chi connectivity index (χ3n) is 3.96. The van der Waals surface area contributed by atoms with Crippen LogP contribution in [0.15, 0.2) is 4.79 Å². The van der Waals surface area contributed by atoms with Crippen LogP contribution in [-0.2, 0) is 10.3 Å². The van der Waals surface area contributed by atoms with E-state index in [9.17, 15) is 4.79 Å². The Balaban J connectivity index is 2.40. The Hall–Kier alpha value is -0.980. The van der Waals surface area contributed by atoms with Crippen molar-refractivity contribution in [1.82, 2.24) is 9.55 Å². The molecule has 2 aromatic rings. The molecule has 0 amide bonds. The van der Waals surface area contributed by atoms with Gasteiger partial charge in [0, 0.05) is 11.5 Å². The zero-order valence-electron chi connectivity index (χ0n) is 11.2. The molecule has 1 aliphatic rings. The fourth-order valence-electron chi connectivity index (χ4n) is 2.65. The molecular formula is C13H16N2O2S2. The number of aryl methyl sites for hydroxylation is 2. The Labute approximate surface area is 120 Å². The Kier molecular flexibility index (Phi) is 2.92. The molecule has 0 bridgehead atoms. The summed E-state index contributed by atoms with van der Waals surface area (Å²) in [4.78, 5) is 18.0. The average molecular weight is 296 g/mol. The van der Waals surface area contributed by atoms with Crippen molar-refractivity contribution in [3.8, 4) is 0 Å². The van der Waals surface area contributed by atoms with E-state index in [1.54, 1.807) is 15.9 Å². The van der Waals surface area contributed by atoms with Gasteiger partial charge in [-0.1, -0.05) is 0 Å². The fraction of sp³-hybridized carbons (Fsp3) is 0.538. The number of aromatic nitrogens is 2. The van der Waals surface area contributed by atoms with Crippen molar-refractivity contribution in [2.75, 3.05) is 13.2 Å². The van der Waals surface area contributed by atoms with Crippen LogP contribution in [0.3, 0.4) is 0 Å². The smallest absolute Gasteiger partial charge is 0.263 e. The topological polar surface area (TPSA) is 47.0 Å². The molecule has 1 aliphatic heterocycles. The van der Waals surface area contributed by atoms with Crippen molar-refractivity contribution in [2.45, 2.75) is 32.7 Å². The number of rotatable bonds is 1. The molecule has 1 N–H and O–H groups in total. The zero-order valence-corrected chi connectivity index (χ0v) is 12.8. The van der Waals surface area contributed by atoms with Gasteiger partial charge in [0.1, 0.15) is 4.83 Å². The molecule has 1 atom stereocenters. The van der Waals surface area contributed by atoms with Crippen molar-refractivity contribution in [1.29, 1.82) is 0 Å². The van der Waals surface area contributed by atoms with Crippen LogP contribution in [0.2, 0.25) is 0 Å². The van der Waals surface area contributed by atoms with Crippen LogP contribution in [0.5, 0.6) is 0 Å². The highest BCUT2D eigenvalue weighted by Crippen LogP contribution is 2.29. The molecule has 2 aromatic heterocycles. The van der Waals surface area contributed by atoms with Crippen LogP contribution in [0, 0.1) is 18.6 Å². The maximum atomic E-state index is 12.8. The number of ether oxygens (including phenoxy) is 1. The molecule has 0 saturated carbocycles. The van der Waals surface area contributed by atoms with Crippen LogP contribution in [0.1, 0.15) is 23.8 Å². The lowest BCUT2D eigenvalue weighted by atomic mass is 10.0. The summed E-state index contributed by atoms with van der Waals surface area (Å²) in [6, 6.07) is 0. The first-order valence-electron chi connectivity index (χ1n) is 6.27. The molecule has 1 saturated heterocycles. The summed E-state index contributed by atoms with van der Waals surface area (Å²) in [5.41, 5.74) is 0.724. The lowest BCUT2D eigenvalue weighted by Crippen LogP contribution is -2.40. The van der Waals surface area contributed by atoms with Crippen LogP contribution >= 0.6 is 23.6 Å². The minimum absolute atomic E-state index is 0.00796. The minimum Gasteiger partial charge on any atom is -0.379 e. The van der Waals surface area contributed by atoms with Crippen molar-refractivity contribution in [3.05, 3.63) is 25.6 Å². The van der Waals surface area contributed by atoms with Gasteiger partial charge >= 0.3 is 0 Å². The monoisotopic (exact) mass is 296 g/mol. The van der Waals surface area contributed by atoms with Gasteiger partial charge < -0.3 is 9.72 Å². The van der Waals surface area contributed by atoms with Crippen LogP contribution in [0.25, 0.3) is 10.2 Å². The van der Waals surface area contributed by atoms with E-state index < -0.39 is 0 Å².